The molecule has 1 aromatic carbocycles. The maximum Gasteiger partial charge on any atom is 0.0568 e. The second-order valence-corrected chi connectivity index (χ2v) is 4.09. The summed E-state index contributed by atoms with van der Waals surface area (Å²) in [5.41, 5.74) is 13.8. The topological polar surface area (TPSA) is 55.3 Å². The molecular weight excluding hydrogens is 174 g/mol. The second kappa shape index (κ2) is 4.22. The highest BCUT2D eigenvalue weighted by Gasteiger charge is 2.04. The summed E-state index contributed by atoms with van der Waals surface area (Å²) in [6, 6.07) is 5.76. The lowest BCUT2D eigenvalue weighted by Crippen LogP contribution is -2.22. The van der Waals surface area contributed by atoms with Gasteiger partial charge in [0.05, 0.1) is 11.4 Å². The first-order valence-corrected chi connectivity index (χ1v) is 4.87. The van der Waals surface area contributed by atoms with E-state index >= 15 is 0 Å². The average Bonchev–Trinajstić information content (AvgIpc) is 2.08. The Hall–Kier alpha value is -1.38. The number of nitrogen functional groups attached to an aromatic ring is 2. The third-order valence-electron chi connectivity index (χ3n) is 2.15. The summed E-state index contributed by atoms with van der Waals surface area (Å²) < 4.78 is 0. The number of nitrogens with zero attached hydrogens (tertiary/aromatic N) is 1. The van der Waals surface area contributed by atoms with E-state index in [4.69, 9.17) is 11.5 Å². The fourth-order valence-electron chi connectivity index (χ4n) is 1.45. The van der Waals surface area contributed by atoms with Crippen LogP contribution in [0.5, 0.6) is 0 Å². The number of hydrogen-bond donors (Lipinski definition) is 2. The van der Waals surface area contributed by atoms with Crippen LogP contribution in [0.25, 0.3) is 0 Å². The summed E-state index contributed by atoms with van der Waals surface area (Å²) in [6.07, 6.45) is 0. The molecule has 1 rings (SSSR count). The normalized spacial score (nSPS) is 10.6. The molecule has 0 saturated carbocycles. The Morgan fingerprint density at radius 2 is 1.86 bits per heavy atom. The Morgan fingerprint density at radius 3 is 2.36 bits per heavy atom. The van der Waals surface area contributed by atoms with E-state index in [1.54, 1.807) is 0 Å². The molecule has 1 aromatic rings. The lowest BCUT2D eigenvalue weighted by molar-refractivity contribution is 0.638. The molecule has 0 amide bonds. The lowest BCUT2D eigenvalue weighted by Gasteiger charge is -2.22. The number of benzene rings is 1. The molecule has 0 atom stereocenters. The highest BCUT2D eigenvalue weighted by molar-refractivity contribution is 5.69. The van der Waals surface area contributed by atoms with Crippen molar-refractivity contribution in [3.63, 3.8) is 0 Å². The maximum absolute atomic E-state index is 5.74. The van der Waals surface area contributed by atoms with Gasteiger partial charge in [0.25, 0.3) is 0 Å². The SMILES string of the molecule is CC(C)CN(C)c1ccc(N)c(N)c1. The Kier molecular flexibility index (Phi) is 3.23. The summed E-state index contributed by atoms with van der Waals surface area (Å²) in [7, 11) is 2.06. The van der Waals surface area contributed by atoms with Crippen LogP contribution < -0.4 is 16.4 Å². The highest BCUT2D eigenvalue weighted by Crippen LogP contribution is 2.22. The van der Waals surface area contributed by atoms with E-state index < -0.39 is 0 Å². The molecule has 0 aliphatic carbocycles. The lowest BCUT2D eigenvalue weighted by atomic mass is 10.2. The van der Waals surface area contributed by atoms with Crippen molar-refractivity contribution < 1.29 is 0 Å². The maximum atomic E-state index is 5.74. The van der Waals surface area contributed by atoms with Gasteiger partial charge in [-0.05, 0) is 24.1 Å². The number of rotatable bonds is 3. The molecule has 78 valence electrons. The summed E-state index contributed by atoms with van der Waals surface area (Å²) in [6.45, 7) is 5.40. The van der Waals surface area contributed by atoms with E-state index in [2.05, 4.69) is 25.8 Å². The molecule has 3 nitrogen and oxygen atoms in total. The minimum absolute atomic E-state index is 0.638. The molecule has 0 heterocycles. The van der Waals surface area contributed by atoms with Crippen molar-refractivity contribution in [3.8, 4) is 0 Å². The van der Waals surface area contributed by atoms with E-state index in [1.165, 1.54) is 0 Å². The first kappa shape index (κ1) is 10.7. The van der Waals surface area contributed by atoms with Crippen molar-refractivity contribution in [3.05, 3.63) is 18.2 Å². The predicted octanol–water partition coefficient (Wildman–Crippen LogP) is 1.94. The smallest absolute Gasteiger partial charge is 0.0568 e. The number of hydrogen-bond acceptors (Lipinski definition) is 3. The van der Waals surface area contributed by atoms with Crippen LogP contribution in [0.3, 0.4) is 0 Å². The molecule has 14 heavy (non-hydrogen) atoms. The molecule has 0 aromatic heterocycles. The van der Waals surface area contributed by atoms with E-state index in [-0.39, 0.29) is 0 Å². The fraction of sp³-hybridized carbons (Fsp3) is 0.455. The van der Waals surface area contributed by atoms with Gasteiger partial charge in [0.1, 0.15) is 0 Å². The zero-order chi connectivity index (χ0) is 10.7. The van der Waals surface area contributed by atoms with Gasteiger partial charge in [-0.3, -0.25) is 0 Å². The van der Waals surface area contributed by atoms with Gasteiger partial charge < -0.3 is 16.4 Å². The molecular formula is C11H19N3. The molecule has 0 aliphatic rings. The van der Waals surface area contributed by atoms with E-state index in [0.717, 1.165) is 12.2 Å². The number of anilines is 3. The summed E-state index contributed by atoms with van der Waals surface area (Å²) in [5.74, 6) is 0.638. The Balaban J connectivity index is 2.80. The van der Waals surface area contributed by atoms with Crippen LogP contribution in [-0.2, 0) is 0 Å². The molecule has 0 saturated heterocycles. The molecule has 3 heteroatoms. The molecule has 0 bridgehead atoms. The van der Waals surface area contributed by atoms with Gasteiger partial charge >= 0.3 is 0 Å². The van der Waals surface area contributed by atoms with E-state index in [0.29, 0.717) is 17.3 Å². The van der Waals surface area contributed by atoms with Gasteiger partial charge in [0, 0.05) is 19.3 Å². The van der Waals surface area contributed by atoms with Crippen LogP contribution in [0.4, 0.5) is 17.1 Å². The van der Waals surface area contributed by atoms with Crippen molar-refractivity contribution in [2.45, 2.75) is 13.8 Å². The van der Waals surface area contributed by atoms with Crippen LogP contribution in [0, 0.1) is 5.92 Å². The predicted molar refractivity (Wildman–Crippen MR) is 63.4 cm³/mol. The molecule has 0 spiro atoms. The summed E-state index contributed by atoms with van der Waals surface area (Å²) in [4.78, 5) is 2.18. The third-order valence-corrected chi connectivity index (χ3v) is 2.15. The monoisotopic (exact) mass is 193 g/mol. The van der Waals surface area contributed by atoms with Gasteiger partial charge in [-0.1, -0.05) is 13.8 Å². The minimum atomic E-state index is 0.638. The van der Waals surface area contributed by atoms with Gasteiger partial charge in [-0.2, -0.15) is 0 Å². The van der Waals surface area contributed by atoms with Gasteiger partial charge in [0.2, 0.25) is 0 Å². The van der Waals surface area contributed by atoms with E-state index in [9.17, 15) is 0 Å². The fourth-order valence-corrected chi connectivity index (χ4v) is 1.45. The van der Waals surface area contributed by atoms with Crippen molar-refractivity contribution in [2.24, 2.45) is 5.92 Å². The van der Waals surface area contributed by atoms with Crippen molar-refractivity contribution in [1.29, 1.82) is 0 Å². The first-order chi connectivity index (χ1) is 6.50. The molecule has 0 radical (unpaired) electrons. The number of nitrogens with two attached hydrogens (primary N) is 2. The Bertz CT molecular complexity index is 307. The van der Waals surface area contributed by atoms with Gasteiger partial charge in [-0.15, -0.1) is 0 Å². The van der Waals surface area contributed by atoms with Crippen molar-refractivity contribution >= 4 is 17.1 Å². The molecule has 4 N–H and O–H groups in total. The van der Waals surface area contributed by atoms with Gasteiger partial charge in [-0.25, -0.2) is 0 Å². The summed E-state index contributed by atoms with van der Waals surface area (Å²) >= 11 is 0. The van der Waals surface area contributed by atoms with Crippen LogP contribution in [0.15, 0.2) is 18.2 Å². The van der Waals surface area contributed by atoms with Crippen LogP contribution >= 0.6 is 0 Å². The zero-order valence-electron chi connectivity index (χ0n) is 9.12. The molecule has 0 unspecified atom stereocenters. The molecule has 0 aliphatic heterocycles. The third kappa shape index (κ3) is 2.55. The van der Waals surface area contributed by atoms with Crippen LogP contribution in [0.1, 0.15) is 13.8 Å². The average molecular weight is 193 g/mol. The summed E-state index contributed by atoms with van der Waals surface area (Å²) in [5, 5.41) is 0. The highest BCUT2D eigenvalue weighted by atomic mass is 15.1. The quantitative estimate of drug-likeness (QED) is 0.721. The first-order valence-electron chi connectivity index (χ1n) is 4.87. The van der Waals surface area contributed by atoms with Crippen molar-refractivity contribution in [2.75, 3.05) is 30.0 Å². The standard InChI is InChI=1S/C11H19N3/c1-8(2)7-14(3)9-4-5-10(12)11(13)6-9/h4-6,8H,7,12-13H2,1-3H3. The largest absolute Gasteiger partial charge is 0.397 e. The molecule has 0 fully saturated rings. The van der Waals surface area contributed by atoms with Gasteiger partial charge in [0.15, 0.2) is 0 Å². The van der Waals surface area contributed by atoms with Crippen molar-refractivity contribution in [1.82, 2.24) is 0 Å². The van der Waals surface area contributed by atoms with Crippen LogP contribution in [0.2, 0.25) is 0 Å². The Morgan fingerprint density at radius 1 is 1.21 bits per heavy atom. The zero-order valence-corrected chi connectivity index (χ0v) is 9.12. The van der Waals surface area contributed by atoms with Crippen LogP contribution in [-0.4, -0.2) is 13.6 Å². The second-order valence-electron chi connectivity index (χ2n) is 4.09. The minimum Gasteiger partial charge on any atom is -0.397 e. The van der Waals surface area contributed by atoms with E-state index in [1.807, 2.05) is 18.2 Å². The Labute approximate surface area is 85.7 Å².